The zero-order valence-corrected chi connectivity index (χ0v) is 18.9. The molecule has 5 rings (SSSR count). The van der Waals surface area contributed by atoms with Gasteiger partial charge in [0.1, 0.15) is 16.3 Å². The maximum Gasteiger partial charge on any atom is 0.246 e. The minimum absolute atomic E-state index is 0.159. The molecule has 9 heteroatoms. The number of hydrogen-bond donors (Lipinski definition) is 2. The zero-order valence-electron chi connectivity index (χ0n) is 18.1. The maximum atomic E-state index is 14.2. The first kappa shape index (κ1) is 22.2. The second-order valence-corrected chi connectivity index (χ2v) is 12.0. The highest BCUT2D eigenvalue weighted by Gasteiger charge is 2.61. The van der Waals surface area contributed by atoms with E-state index in [-0.39, 0.29) is 11.8 Å². The van der Waals surface area contributed by atoms with Gasteiger partial charge in [-0.2, -0.15) is 4.31 Å². The Hall–Kier alpha value is -2.00. The first-order valence-corrected chi connectivity index (χ1v) is 12.2. The largest absolute Gasteiger partial charge is 0.369 e. The first-order chi connectivity index (χ1) is 14.4. The minimum atomic E-state index is -4.26. The van der Waals surface area contributed by atoms with Crippen molar-refractivity contribution in [1.29, 1.82) is 0 Å². The normalized spacial score (nSPS) is 32.3. The van der Waals surface area contributed by atoms with Crippen molar-refractivity contribution >= 4 is 21.8 Å². The number of likely N-dealkylation sites (N-methyl/N-ethyl adjacent to an activating group) is 1. The van der Waals surface area contributed by atoms with Crippen molar-refractivity contribution in [2.24, 2.45) is 28.9 Å². The maximum absolute atomic E-state index is 14.2. The van der Waals surface area contributed by atoms with Gasteiger partial charge < -0.3 is 11.1 Å². The Bertz CT molecular complexity index is 1010. The Kier molecular flexibility index (Phi) is 5.20. The highest BCUT2D eigenvalue weighted by atomic mass is 32.2. The number of carbonyl (C=O) groups is 2. The van der Waals surface area contributed by atoms with Crippen LogP contribution in [0, 0.1) is 29.0 Å². The molecule has 4 aliphatic carbocycles. The van der Waals surface area contributed by atoms with E-state index < -0.39 is 43.6 Å². The van der Waals surface area contributed by atoms with Gasteiger partial charge in [-0.3, -0.25) is 9.59 Å². The highest BCUT2D eigenvalue weighted by Crippen LogP contribution is 2.60. The van der Waals surface area contributed by atoms with E-state index in [0.29, 0.717) is 24.7 Å². The molecular weight excluding hydrogens is 421 g/mol. The summed E-state index contributed by atoms with van der Waals surface area (Å²) in [7, 11) is -2.99. The van der Waals surface area contributed by atoms with Crippen molar-refractivity contribution in [1.82, 2.24) is 9.62 Å². The summed E-state index contributed by atoms with van der Waals surface area (Å²) >= 11 is 0. The number of hydrogen-bond acceptors (Lipinski definition) is 4. The monoisotopic (exact) mass is 451 g/mol. The van der Waals surface area contributed by atoms with Crippen LogP contribution in [0.5, 0.6) is 0 Å². The number of halogens is 1. The van der Waals surface area contributed by atoms with Crippen molar-refractivity contribution in [2.75, 3.05) is 7.05 Å². The predicted octanol–water partition coefficient (Wildman–Crippen LogP) is 2.02. The predicted molar refractivity (Wildman–Crippen MR) is 113 cm³/mol. The molecule has 3 atom stereocenters. The molecule has 31 heavy (non-hydrogen) atoms. The summed E-state index contributed by atoms with van der Waals surface area (Å²) in [6.07, 6.45) is 4.34. The van der Waals surface area contributed by atoms with Crippen molar-refractivity contribution < 1.29 is 22.4 Å². The van der Waals surface area contributed by atoms with E-state index in [4.69, 9.17) is 5.73 Å². The fourth-order valence-corrected chi connectivity index (χ4v) is 7.76. The van der Waals surface area contributed by atoms with E-state index in [1.54, 1.807) is 0 Å². The van der Waals surface area contributed by atoms with Crippen LogP contribution >= 0.6 is 0 Å². The van der Waals surface area contributed by atoms with E-state index in [0.717, 1.165) is 29.6 Å². The van der Waals surface area contributed by atoms with Gasteiger partial charge >= 0.3 is 0 Å². The van der Waals surface area contributed by atoms with E-state index in [1.165, 1.54) is 39.1 Å². The topological polar surface area (TPSA) is 110 Å². The number of rotatable bonds is 6. The Morgan fingerprint density at radius 3 is 2.29 bits per heavy atom. The lowest BCUT2D eigenvalue weighted by Crippen LogP contribution is -2.68. The van der Waals surface area contributed by atoms with Gasteiger partial charge in [0.25, 0.3) is 0 Å². The molecule has 3 unspecified atom stereocenters. The van der Waals surface area contributed by atoms with Gasteiger partial charge in [0.2, 0.25) is 21.8 Å². The van der Waals surface area contributed by atoms with E-state index in [2.05, 4.69) is 5.32 Å². The van der Waals surface area contributed by atoms with Gasteiger partial charge in [-0.15, -0.1) is 0 Å². The summed E-state index contributed by atoms with van der Waals surface area (Å²) < 4.78 is 41.2. The van der Waals surface area contributed by atoms with Crippen molar-refractivity contribution in [3.05, 3.63) is 30.1 Å². The standard InChI is InChI=1S/C22H30FN3O4S/c1-21(2,26(3)31(29,30)17-7-5-4-6-16(17)23)20(28)25-18-15-9-13-8-14(10-15)12-22(18,11-13)19(24)27/h4-7,13-15,18H,8-12H2,1-3H3,(H2,24,27)(H,25,28). The lowest BCUT2D eigenvalue weighted by molar-refractivity contribution is -0.153. The fraction of sp³-hybridized carbons (Fsp3) is 0.636. The highest BCUT2D eigenvalue weighted by molar-refractivity contribution is 7.89. The molecule has 4 fully saturated rings. The molecule has 3 N–H and O–H groups in total. The molecule has 0 radical (unpaired) electrons. The summed E-state index contributed by atoms with van der Waals surface area (Å²) in [6, 6.07) is 4.67. The van der Waals surface area contributed by atoms with Crippen molar-refractivity contribution in [3.8, 4) is 0 Å². The molecule has 4 saturated carbocycles. The average Bonchev–Trinajstić information content (AvgIpc) is 2.69. The number of benzene rings is 1. The molecular formula is C22H30FN3O4S. The number of nitrogens with two attached hydrogens (primary N) is 1. The molecule has 1 aromatic carbocycles. The molecule has 0 saturated heterocycles. The zero-order chi connectivity index (χ0) is 22.8. The van der Waals surface area contributed by atoms with Crippen LogP contribution in [0.15, 0.2) is 29.2 Å². The third-order valence-electron chi connectivity index (χ3n) is 7.91. The number of sulfonamides is 1. The summed E-state index contributed by atoms with van der Waals surface area (Å²) in [5, 5.41) is 3.00. The van der Waals surface area contributed by atoms with Crippen LogP contribution in [0.4, 0.5) is 4.39 Å². The minimum Gasteiger partial charge on any atom is -0.369 e. The molecule has 4 aliphatic rings. The lowest BCUT2D eigenvalue weighted by Gasteiger charge is -2.60. The van der Waals surface area contributed by atoms with Crippen LogP contribution in [0.1, 0.15) is 46.0 Å². The van der Waals surface area contributed by atoms with Gasteiger partial charge in [-0.25, -0.2) is 12.8 Å². The molecule has 7 nitrogen and oxygen atoms in total. The summed E-state index contributed by atoms with van der Waals surface area (Å²) in [4.78, 5) is 25.4. The molecule has 1 aromatic rings. The van der Waals surface area contributed by atoms with Gasteiger partial charge in [-0.05, 0) is 75.8 Å². The number of primary amides is 1. The molecule has 4 bridgehead atoms. The van der Waals surface area contributed by atoms with Gasteiger partial charge in [0.05, 0.1) is 5.41 Å². The third-order valence-corrected chi connectivity index (χ3v) is 9.97. The molecule has 170 valence electrons. The summed E-state index contributed by atoms with van der Waals surface area (Å²) in [5.41, 5.74) is 3.57. The molecule has 0 aromatic heterocycles. The summed E-state index contributed by atoms with van der Waals surface area (Å²) in [5.74, 6) is -0.716. The molecule has 0 spiro atoms. The van der Waals surface area contributed by atoms with Crippen molar-refractivity contribution in [2.45, 2.75) is 62.4 Å². The number of nitrogens with one attached hydrogen (secondary N) is 1. The van der Waals surface area contributed by atoms with Crippen molar-refractivity contribution in [3.63, 3.8) is 0 Å². The first-order valence-electron chi connectivity index (χ1n) is 10.7. The van der Waals surface area contributed by atoms with Crippen LogP contribution in [0.3, 0.4) is 0 Å². The van der Waals surface area contributed by atoms with Crippen LogP contribution in [0.2, 0.25) is 0 Å². The average molecular weight is 452 g/mol. The van der Waals surface area contributed by atoms with Crippen LogP contribution in [-0.2, 0) is 19.6 Å². The molecule has 0 aliphatic heterocycles. The van der Waals surface area contributed by atoms with E-state index in [9.17, 15) is 22.4 Å². The molecule has 0 heterocycles. The Balaban J connectivity index is 1.60. The number of nitrogens with zero attached hydrogens (tertiary/aromatic N) is 1. The summed E-state index contributed by atoms with van der Waals surface area (Å²) in [6.45, 7) is 2.96. The Morgan fingerprint density at radius 1 is 1.16 bits per heavy atom. The fourth-order valence-electron chi connectivity index (χ4n) is 6.21. The van der Waals surface area contributed by atoms with Gasteiger partial charge in [0, 0.05) is 13.1 Å². The SMILES string of the molecule is CN(C(C)(C)C(=O)NC1C2CC3CC(C2)CC1(C(N)=O)C3)S(=O)(=O)c1ccccc1F. The second kappa shape index (κ2) is 7.27. The second-order valence-electron chi connectivity index (χ2n) is 10.0. The Morgan fingerprint density at radius 2 is 1.74 bits per heavy atom. The smallest absolute Gasteiger partial charge is 0.246 e. The lowest BCUT2D eigenvalue weighted by atomic mass is 9.47. The van der Waals surface area contributed by atoms with Crippen LogP contribution in [-0.4, -0.2) is 43.2 Å². The van der Waals surface area contributed by atoms with Crippen LogP contribution in [0.25, 0.3) is 0 Å². The van der Waals surface area contributed by atoms with E-state index >= 15 is 0 Å². The molecule has 2 amide bonds. The quantitative estimate of drug-likeness (QED) is 0.689. The van der Waals surface area contributed by atoms with Gasteiger partial charge in [0.15, 0.2) is 0 Å². The van der Waals surface area contributed by atoms with Gasteiger partial charge in [-0.1, -0.05) is 12.1 Å². The van der Waals surface area contributed by atoms with E-state index in [1.807, 2.05) is 0 Å². The Labute approximate surface area is 182 Å². The third kappa shape index (κ3) is 3.36. The number of amides is 2. The van der Waals surface area contributed by atoms with Crippen LogP contribution < -0.4 is 11.1 Å². The number of carbonyl (C=O) groups excluding carboxylic acids is 2.